The fourth-order valence-corrected chi connectivity index (χ4v) is 8.07. The van der Waals surface area contributed by atoms with Crippen LogP contribution >= 0.6 is 12.2 Å². The summed E-state index contributed by atoms with van der Waals surface area (Å²) < 4.78 is 11.8. The van der Waals surface area contributed by atoms with E-state index in [1.54, 1.807) is 0 Å². The molecular weight excluding hydrogens is 466 g/mol. The minimum absolute atomic E-state index is 0.0229. The van der Waals surface area contributed by atoms with Crippen LogP contribution in [0.5, 0.6) is 0 Å². The summed E-state index contributed by atoms with van der Waals surface area (Å²) in [4.78, 5) is 4.10. The van der Waals surface area contributed by atoms with Crippen LogP contribution in [0, 0.1) is 6.92 Å². The highest BCUT2D eigenvalue weighted by Crippen LogP contribution is 2.34. The Labute approximate surface area is 219 Å². The van der Waals surface area contributed by atoms with E-state index >= 15 is 0 Å². The second-order valence-corrected chi connectivity index (χ2v) is 12.4. The first-order chi connectivity index (χ1) is 17.3. The van der Waals surface area contributed by atoms with Crippen LogP contribution in [-0.2, 0) is 10.9 Å². The largest absolute Gasteiger partial charge is 0.317 e. The van der Waals surface area contributed by atoms with Gasteiger partial charge in [0.15, 0.2) is 14.7 Å². The zero-order valence-corrected chi connectivity index (χ0v) is 22.7. The summed E-state index contributed by atoms with van der Waals surface area (Å²) in [6, 6.07) is 31.7. The first-order valence-electron chi connectivity index (χ1n) is 13.3. The van der Waals surface area contributed by atoms with Gasteiger partial charge in [0.05, 0.1) is 23.1 Å². The van der Waals surface area contributed by atoms with Crippen molar-refractivity contribution in [3.8, 4) is 0 Å². The van der Waals surface area contributed by atoms with Crippen LogP contribution in [0.1, 0.15) is 69.8 Å². The normalized spacial score (nSPS) is 17.3. The van der Waals surface area contributed by atoms with Crippen LogP contribution in [0.4, 0.5) is 0 Å². The molecule has 2 nitrogen and oxygen atoms in total. The van der Waals surface area contributed by atoms with E-state index in [0.717, 1.165) is 12.2 Å². The highest BCUT2D eigenvalue weighted by atomic mass is 32.2. The molecule has 4 heteroatoms. The van der Waals surface area contributed by atoms with E-state index in [1.165, 1.54) is 84.5 Å². The van der Waals surface area contributed by atoms with E-state index in [-0.39, 0.29) is 10.9 Å². The van der Waals surface area contributed by atoms with Crippen molar-refractivity contribution in [1.29, 1.82) is 0 Å². The monoisotopic (exact) mass is 506 g/mol. The second-order valence-electron chi connectivity index (χ2n) is 9.77. The molecule has 0 radical (unpaired) electrons. The Morgan fingerprint density at radius 1 is 0.600 bits per heavy atom. The summed E-state index contributed by atoms with van der Waals surface area (Å²) in [6.45, 7) is 2.13. The van der Waals surface area contributed by atoms with Gasteiger partial charge in [-0.25, -0.2) is 4.31 Å². The van der Waals surface area contributed by atoms with E-state index < -0.39 is 0 Å². The zero-order valence-electron chi connectivity index (χ0n) is 21.0. The van der Waals surface area contributed by atoms with E-state index in [9.17, 15) is 4.55 Å². The lowest BCUT2D eigenvalue weighted by Crippen LogP contribution is -2.40. The molecule has 0 spiro atoms. The van der Waals surface area contributed by atoms with Crippen LogP contribution in [0.2, 0.25) is 0 Å². The van der Waals surface area contributed by atoms with Gasteiger partial charge in [0, 0.05) is 12.1 Å². The average Bonchev–Trinajstić information content (AvgIpc) is 2.93. The minimum Gasteiger partial charge on any atom is -0.317 e. The molecule has 2 fully saturated rings. The first kappa shape index (κ1) is 26.3. The Hall–Kier alpha value is -1.72. The van der Waals surface area contributed by atoms with Gasteiger partial charge in [0.25, 0.3) is 0 Å². The molecule has 3 aromatic rings. The van der Waals surface area contributed by atoms with Gasteiger partial charge in [-0.1, -0.05) is 92.6 Å². The van der Waals surface area contributed by atoms with E-state index in [1.807, 2.05) is 0 Å². The van der Waals surface area contributed by atoms with Crippen molar-refractivity contribution in [2.45, 2.75) is 97.9 Å². The molecule has 2 aliphatic carbocycles. The van der Waals surface area contributed by atoms with Gasteiger partial charge in [-0.3, -0.25) is 0 Å². The van der Waals surface area contributed by atoms with Crippen molar-refractivity contribution in [1.82, 2.24) is 4.31 Å². The fourth-order valence-electron chi connectivity index (χ4n) is 5.30. The summed E-state index contributed by atoms with van der Waals surface area (Å²) >= 11 is 1.02. The molecule has 186 valence electrons. The lowest BCUT2D eigenvalue weighted by atomic mass is 9.91. The van der Waals surface area contributed by atoms with Gasteiger partial charge in [-0.15, -0.1) is 0 Å². The highest BCUT2D eigenvalue weighted by molar-refractivity contribution is 7.97. The predicted octanol–water partition coefficient (Wildman–Crippen LogP) is 9.17. The summed E-state index contributed by atoms with van der Waals surface area (Å²) in [7, 11) is -0.0229. The molecule has 0 aliphatic heterocycles. The molecule has 2 aliphatic rings. The molecule has 0 unspecified atom stereocenters. The summed E-state index contributed by atoms with van der Waals surface area (Å²) in [5.41, 5.74) is 1.30. The number of hydrogen-bond acceptors (Lipinski definition) is 3. The van der Waals surface area contributed by atoms with Crippen molar-refractivity contribution in [3.63, 3.8) is 0 Å². The number of benzene rings is 3. The molecule has 1 N–H and O–H groups in total. The quantitative estimate of drug-likeness (QED) is 0.205. The molecule has 35 heavy (non-hydrogen) atoms. The Balaban J connectivity index is 0.000000172. The van der Waals surface area contributed by atoms with Crippen LogP contribution in [0.25, 0.3) is 0 Å². The third-order valence-electron chi connectivity index (χ3n) is 7.18. The van der Waals surface area contributed by atoms with Crippen molar-refractivity contribution >= 4 is 23.1 Å². The molecule has 5 rings (SSSR count). The predicted molar refractivity (Wildman–Crippen MR) is 152 cm³/mol. The molecule has 0 amide bonds. The number of nitrogens with zero attached hydrogens (tertiary/aromatic N) is 1. The van der Waals surface area contributed by atoms with Crippen molar-refractivity contribution in [2.24, 2.45) is 0 Å². The molecule has 0 bridgehead atoms. The molecule has 0 aromatic heterocycles. The molecule has 0 atom stereocenters. The summed E-state index contributed by atoms with van der Waals surface area (Å²) in [5.74, 6) is 0. The first-order valence-corrected chi connectivity index (χ1v) is 15.2. The third-order valence-corrected chi connectivity index (χ3v) is 10.2. The Kier molecular flexibility index (Phi) is 10.6. The SMILES string of the molecule is Cc1ccc([S+](c2ccccc2)c2ccccc2)cc1.OSN(C1CCCCC1)C1CCCCC1. The Morgan fingerprint density at radius 3 is 1.40 bits per heavy atom. The van der Waals surface area contributed by atoms with Crippen molar-refractivity contribution < 1.29 is 4.55 Å². The second kappa shape index (κ2) is 14.1. The maximum absolute atomic E-state index is 9.47. The fraction of sp³-hybridized carbons (Fsp3) is 0.419. The number of hydrogen-bond donors (Lipinski definition) is 1. The van der Waals surface area contributed by atoms with Gasteiger partial charge in [-0.05, 0) is 69.0 Å². The maximum atomic E-state index is 9.47. The average molecular weight is 507 g/mol. The van der Waals surface area contributed by atoms with Crippen molar-refractivity contribution in [3.05, 3.63) is 90.5 Å². The Morgan fingerprint density at radius 2 is 1.00 bits per heavy atom. The van der Waals surface area contributed by atoms with E-state index in [4.69, 9.17) is 0 Å². The molecule has 0 heterocycles. The molecule has 0 saturated heterocycles. The van der Waals surface area contributed by atoms with Crippen LogP contribution < -0.4 is 0 Å². The highest BCUT2D eigenvalue weighted by Gasteiger charge is 2.29. The van der Waals surface area contributed by atoms with Gasteiger partial charge in [0.2, 0.25) is 0 Å². The van der Waals surface area contributed by atoms with Gasteiger partial charge in [-0.2, -0.15) is 0 Å². The topological polar surface area (TPSA) is 23.5 Å². The standard InChI is InChI=1S/C19H17S.C12H23NOS/c1-16-12-14-19(15-13-16)20(17-8-4-2-5-9-17)18-10-6-3-7-11-18;14-15-13(11-7-3-1-4-8-11)12-9-5-2-6-10-12/h2-15H,1H3;11-12,14H,1-10H2/q+1;. The van der Waals surface area contributed by atoms with Crippen LogP contribution in [0.15, 0.2) is 99.6 Å². The summed E-state index contributed by atoms with van der Waals surface area (Å²) in [6.07, 6.45) is 13.4. The molecule has 3 aromatic carbocycles. The van der Waals surface area contributed by atoms with E-state index in [2.05, 4.69) is 96.2 Å². The summed E-state index contributed by atoms with van der Waals surface area (Å²) in [5, 5.41) is 0. The number of aryl methyl sites for hydroxylation is 1. The lowest BCUT2D eigenvalue weighted by molar-refractivity contribution is 0.177. The van der Waals surface area contributed by atoms with Gasteiger partial charge < -0.3 is 4.55 Å². The maximum Gasteiger partial charge on any atom is 0.166 e. The smallest absolute Gasteiger partial charge is 0.166 e. The molecule has 2 saturated carbocycles. The van der Waals surface area contributed by atoms with Crippen molar-refractivity contribution in [2.75, 3.05) is 0 Å². The molecular formula is C31H40NOS2+. The minimum atomic E-state index is -0.0229. The van der Waals surface area contributed by atoms with Crippen LogP contribution in [0.3, 0.4) is 0 Å². The van der Waals surface area contributed by atoms with Gasteiger partial charge >= 0.3 is 0 Å². The van der Waals surface area contributed by atoms with E-state index in [0.29, 0.717) is 12.1 Å². The third kappa shape index (κ3) is 7.63. The number of rotatable bonds is 6. The van der Waals surface area contributed by atoms with Crippen LogP contribution in [-0.4, -0.2) is 20.9 Å². The zero-order chi connectivity index (χ0) is 24.3. The van der Waals surface area contributed by atoms with Gasteiger partial charge in [0.1, 0.15) is 0 Å². The Bertz CT molecular complexity index is 910. The lowest BCUT2D eigenvalue weighted by Gasteiger charge is -2.38.